The maximum Gasteiger partial charge on any atom is 0.136 e. The largest absolute Gasteiger partial charge is 0.497 e. The molecule has 0 bridgehead atoms. The number of ketones is 1. The van der Waals surface area contributed by atoms with Crippen molar-refractivity contribution in [2.24, 2.45) is 5.92 Å². The molecule has 0 aromatic heterocycles. The topological polar surface area (TPSA) is 26.3 Å². The van der Waals surface area contributed by atoms with Gasteiger partial charge >= 0.3 is 0 Å². The molecular formula is C22H26O2. The Morgan fingerprint density at radius 2 is 1.58 bits per heavy atom. The summed E-state index contributed by atoms with van der Waals surface area (Å²) < 4.78 is 5.26. The summed E-state index contributed by atoms with van der Waals surface area (Å²) in [5, 5.41) is 0. The van der Waals surface area contributed by atoms with Gasteiger partial charge in [-0.2, -0.15) is 0 Å². The molecule has 1 fully saturated rings. The van der Waals surface area contributed by atoms with Crippen LogP contribution >= 0.6 is 0 Å². The van der Waals surface area contributed by atoms with Crippen LogP contribution in [0.2, 0.25) is 0 Å². The number of ether oxygens (including phenoxy) is 1. The summed E-state index contributed by atoms with van der Waals surface area (Å²) in [6, 6.07) is 18.5. The van der Waals surface area contributed by atoms with Crippen LogP contribution in [-0.4, -0.2) is 12.9 Å². The van der Waals surface area contributed by atoms with Crippen LogP contribution in [0.3, 0.4) is 0 Å². The first-order chi connectivity index (χ1) is 11.8. The minimum atomic E-state index is 0.131. The van der Waals surface area contributed by atoms with E-state index in [1.807, 2.05) is 18.2 Å². The first-order valence-corrected chi connectivity index (χ1v) is 8.99. The maximum atomic E-state index is 12.9. The highest BCUT2D eigenvalue weighted by molar-refractivity contribution is 5.82. The van der Waals surface area contributed by atoms with E-state index in [1.165, 1.54) is 30.4 Å². The first kappa shape index (κ1) is 16.8. The lowest BCUT2D eigenvalue weighted by Gasteiger charge is -2.24. The molecule has 0 heterocycles. The highest BCUT2D eigenvalue weighted by atomic mass is 16.5. The third-order valence-electron chi connectivity index (χ3n) is 5.19. The molecule has 1 aliphatic carbocycles. The van der Waals surface area contributed by atoms with Crippen molar-refractivity contribution < 1.29 is 9.53 Å². The molecule has 1 aliphatic rings. The van der Waals surface area contributed by atoms with Crippen LogP contribution in [0.1, 0.15) is 55.6 Å². The van der Waals surface area contributed by atoms with Crippen molar-refractivity contribution in [1.29, 1.82) is 0 Å². The molecule has 2 nitrogen and oxygen atoms in total. The van der Waals surface area contributed by atoms with Crippen molar-refractivity contribution >= 4 is 5.78 Å². The quantitative estimate of drug-likeness (QED) is 0.715. The van der Waals surface area contributed by atoms with E-state index in [0.29, 0.717) is 12.2 Å². The van der Waals surface area contributed by atoms with E-state index in [0.717, 1.165) is 18.6 Å². The lowest BCUT2D eigenvalue weighted by atomic mass is 9.80. The van der Waals surface area contributed by atoms with Crippen molar-refractivity contribution in [3.63, 3.8) is 0 Å². The van der Waals surface area contributed by atoms with Crippen LogP contribution in [0.4, 0.5) is 0 Å². The highest BCUT2D eigenvalue weighted by Gasteiger charge is 2.25. The number of rotatable bonds is 6. The second-order valence-corrected chi connectivity index (χ2v) is 6.74. The molecule has 0 aliphatic heterocycles. The Hall–Kier alpha value is -2.09. The predicted octanol–water partition coefficient (Wildman–Crippen LogP) is 5.37. The molecule has 1 unspecified atom stereocenters. The van der Waals surface area contributed by atoms with Crippen LogP contribution in [0.25, 0.3) is 0 Å². The highest BCUT2D eigenvalue weighted by Crippen LogP contribution is 2.33. The molecule has 3 rings (SSSR count). The smallest absolute Gasteiger partial charge is 0.136 e. The molecule has 0 amide bonds. The second-order valence-electron chi connectivity index (χ2n) is 6.74. The van der Waals surface area contributed by atoms with Gasteiger partial charge in [-0.3, -0.25) is 4.79 Å². The Kier molecular flexibility index (Phi) is 5.68. The molecule has 2 aromatic carbocycles. The summed E-state index contributed by atoms with van der Waals surface area (Å²) in [5.74, 6) is 1.68. The van der Waals surface area contributed by atoms with Gasteiger partial charge in [-0.15, -0.1) is 0 Å². The van der Waals surface area contributed by atoms with Gasteiger partial charge in [-0.1, -0.05) is 61.7 Å². The zero-order chi connectivity index (χ0) is 16.8. The van der Waals surface area contributed by atoms with E-state index in [-0.39, 0.29) is 11.8 Å². The van der Waals surface area contributed by atoms with E-state index in [2.05, 4.69) is 36.4 Å². The van der Waals surface area contributed by atoms with E-state index >= 15 is 0 Å². The van der Waals surface area contributed by atoms with Crippen LogP contribution < -0.4 is 4.74 Å². The van der Waals surface area contributed by atoms with Gasteiger partial charge in [-0.05, 0) is 36.1 Å². The van der Waals surface area contributed by atoms with E-state index in [4.69, 9.17) is 4.74 Å². The lowest BCUT2D eigenvalue weighted by molar-refractivity contribution is -0.124. The molecule has 126 valence electrons. The van der Waals surface area contributed by atoms with Crippen molar-refractivity contribution in [2.75, 3.05) is 7.11 Å². The Morgan fingerprint density at radius 3 is 2.21 bits per heavy atom. The summed E-state index contributed by atoms with van der Waals surface area (Å²) in [7, 11) is 1.68. The SMILES string of the molecule is COc1ccc(C(CC(=O)C2CCCCC2)c2ccccc2)cc1. The fourth-order valence-corrected chi connectivity index (χ4v) is 3.74. The predicted molar refractivity (Wildman–Crippen MR) is 97.5 cm³/mol. The fraction of sp³-hybridized carbons (Fsp3) is 0.409. The first-order valence-electron chi connectivity index (χ1n) is 8.99. The summed E-state index contributed by atoms with van der Waals surface area (Å²) in [6.45, 7) is 0. The number of benzene rings is 2. The molecule has 1 atom stereocenters. The van der Waals surface area contributed by atoms with Crippen molar-refractivity contribution in [1.82, 2.24) is 0 Å². The molecule has 2 aromatic rings. The molecule has 2 heteroatoms. The monoisotopic (exact) mass is 322 g/mol. The van der Waals surface area contributed by atoms with Crippen LogP contribution in [-0.2, 0) is 4.79 Å². The van der Waals surface area contributed by atoms with Gasteiger partial charge in [0.15, 0.2) is 0 Å². The minimum absolute atomic E-state index is 0.131. The zero-order valence-corrected chi connectivity index (χ0v) is 14.4. The summed E-state index contributed by atoms with van der Waals surface area (Å²) in [5.41, 5.74) is 2.40. The average molecular weight is 322 g/mol. The van der Waals surface area contributed by atoms with Crippen molar-refractivity contribution in [3.8, 4) is 5.75 Å². The molecule has 0 N–H and O–H groups in total. The maximum absolute atomic E-state index is 12.9. The van der Waals surface area contributed by atoms with E-state index in [9.17, 15) is 4.79 Å². The minimum Gasteiger partial charge on any atom is -0.497 e. The zero-order valence-electron chi connectivity index (χ0n) is 14.4. The van der Waals surface area contributed by atoms with Crippen molar-refractivity contribution in [2.45, 2.75) is 44.4 Å². The van der Waals surface area contributed by atoms with Crippen LogP contribution in [0.5, 0.6) is 5.75 Å². The van der Waals surface area contributed by atoms with E-state index in [1.54, 1.807) is 7.11 Å². The number of hydrogen-bond donors (Lipinski definition) is 0. The average Bonchev–Trinajstić information content (AvgIpc) is 2.67. The normalized spacial score (nSPS) is 16.5. The lowest BCUT2D eigenvalue weighted by Crippen LogP contribution is -2.20. The standard InChI is InChI=1S/C22H26O2/c1-24-20-14-12-18(13-15-20)21(17-8-4-2-5-9-17)16-22(23)19-10-6-3-7-11-19/h2,4-5,8-9,12-15,19,21H,3,6-7,10-11,16H2,1H3. The van der Waals surface area contributed by atoms with Gasteiger partial charge in [0.2, 0.25) is 0 Å². The number of Topliss-reactive ketones (excluding diaryl/α,β-unsaturated/α-hetero) is 1. The van der Waals surface area contributed by atoms with Gasteiger partial charge in [0, 0.05) is 18.3 Å². The van der Waals surface area contributed by atoms with E-state index < -0.39 is 0 Å². The molecule has 0 spiro atoms. The Bertz CT molecular complexity index is 639. The van der Waals surface area contributed by atoms with Gasteiger partial charge in [0.1, 0.15) is 11.5 Å². The van der Waals surface area contributed by atoms with Gasteiger partial charge in [-0.25, -0.2) is 0 Å². The summed E-state index contributed by atoms with van der Waals surface area (Å²) in [6.07, 6.45) is 6.43. The van der Waals surface area contributed by atoms with Crippen LogP contribution in [0.15, 0.2) is 54.6 Å². The van der Waals surface area contributed by atoms with Gasteiger partial charge < -0.3 is 4.74 Å². The summed E-state index contributed by atoms with van der Waals surface area (Å²) in [4.78, 5) is 12.9. The van der Waals surface area contributed by atoms with Gasteiger partial charge in [0.05, 0.1) is 7.11 Å². The fourth-order valence-electron chi connectivity index (χ4n) is 3.74. The molecular weight excluding hydrogens is 296 g/mol. The molecule has 0 radical (unpaired) electrons. The second kappa shape index (κ2) is 8.14. The molecule has 1 saturated carbocycles. The molecule has 0 saturated heterocycles. The van der Waals surface area contributed by atoms with Gasteiger partial charge in [0.25, 0.3) is 0 Å². The Balaban J connectivity index is 1.83. The Labute approximate surface area is 144 Å². The number of hydrogen-bond acceptors (Lipinski definition) is 2. The third-order valence-corrected chi connectivity index (χ3v) is 5.19. The number of carbonyl (C=O) groups is 1. The number of methoxy groups -OCH3 is 1. The van der Waals surface area contributed by atoms with Crippen molar-refractivity contribution in [3.05, 3.63) is 65.7 Å². The summed E-state index contributed by atoms with van der Waals surface area (Å²) >= 11 is 0. The Morgan fingerprint density at radius 1 is 0.958 bits per heavy atom. The van der Waals surface area contributed by atoms with Crippen LogP contribution in [0, 0.1) is 5.92 Å². The number of carbonyl (C=O) groups excluding carboxylic acids is 1. The molecule has 24 heavy (non-hydrogen) atoms. The third kappa shape index (κ3) is 4.05.